The van der Waals surface area contributed by atoms with Crippen LogP contribution in [0.2, 0.25) is 0 Å². The normalized spacial score (nSPS) is 11.7. The second-order valence-electron chi connectivity index (χ2n) is 7.22. The van der Waals surface area contributed by atoms with Gasteiger partial charge in [0.2, 0.25) is 0 Å². The first-order valence-corrected chi connectivity index (χ1v) is 10.4. The first-order valence-electron chi connectivity index (χ1n) is 10.4. The van der Waals surface area contributed by atoms with Gasteiger partial charge in [0.25, 0.3) is 0 Å². The zero-order chi connectivity index (χ0) is 23.4. The molecule has 0 aliphatic rings. The summed E-state index contributed by atoms with van der Waals surface area (Å²) in [6.07, 6.45) is -1.68. The Balaban J connectivity index is 1.76. The topological polar surface area (TPSA) is 110 Å². The van der Waals surface area contributed by atoms with E-state index in [0.717, 1.165) is 5.39 Å². The van der Waals surface area contributed by atoms with E-state index in [-0.39, 0.29) is 6.61 Å². The molecular formula is C25H23N3O5. The van der Waals surface area contributed by atoms with E-state index >= 15 is 0 Å². The Hall–Kier alpha value is -4.17. The standard InChI is InChI=1S/C25H23N3O5/c1-3-33-25(31)26-16-9-6-8-15(14-16)23(29)28-21-17-10-4-5-13-20(17)27-22-18(21)11-7-12-19(22)24(30)32-2/h4-14,23,29H,3H2,1-2H3,(H,26,31)(H,27,28). The highest BCUT2D eigenvalue weighted by atomic mass is 16.5. The van der Waals surface area contributed by atoms with E-state index in [4.69, 9.17) is 9.47 Å². The van der Waals surface area contributed by atoms with Crippen molar-refractivity contribution in [2.75, 3.05) is 24.4 Å². The lowest BCUT2D eigenvalue weighted by molar-refractivity contribution is 0.0602. The number of hydrogen-bond acceptors (Lipinski definition) is 7. The van der Waals surface area contributed by atoms with Crippen LogP contribution in [0.15, 0.2) is 66.7 Å². The highest BCUT2D eigenvalue weighted by Crippen LogP contribution is 2.34. The van der Waals surface area contributed by atoms with Gasteiger partial charge in [-0.2, -0.15) is 0 Å². The summed E-state index contributed by atoms with van der Waals surface area (Å²) in [5.41, 5.74) is 3.10. The first-order chi connectivity index (χ1) is 16.0. The molecule has 0 bridgehead atoms. The Morgan fingerprint density at radius 2 is 1.79 bits per heavy atom. The highest BCUT2D eigenvalue weighted by Gasteiger charge is 2.18. The van der Waals surface area contributed by atoms with Crippen LogP contribution in [0.3, 0.4) is 0 Å². The molecule has 8 heteroatoms. The van der Waals surface area contributed by atoms with Gasteiger partial charge in [-0.15, -0.1) is 0 Å². The van der Waals surface area contributed by atoms with Crippen LogP contribution in [0.4, 0.5) is 16.2 Å². The van der Waals surface area contributed by atoms with Gasteiger partial charge in [-0.1, -0.05) is 42.5 Å². The quantitative estimate of drug-likeness (QED) is 0.221. The molecule has 4 rings (SSSR count). The maximum atomic E-state index is 12.3. The molecule has 8 nitrogen and oxygen atoms in total. The molecule has 0 saturated carbocycles. The lowest BCUT2D eigenvalue weighted by atomic mass is 10.0. The molecule has 0 fully saturated rings. The van der Waals surface area contributed by atoms with Crippen molar-refractivity contribution in [1.29, 1.82) is 0 Å². The fourth-order valence-corrected chi connectivity index (χ4v) is 3.64. The van der Waals surface area contributed by atoms with Gasteiger partial charge in [0.05, 0.1) is 36.0 Å². The molecule has 1 atom stereocenters. The van der Waals surface area contributed by atoms with Crippen molar-refractivity contribution in [3.8, 4) is 0 Å². The van der Waals surface area contributed by atoms with Crippen LogP contribution < -0.4 is 10.6 Å². The number of pyridine rings is 1. The fourth-order valence-electron chi connectivity index (χ4n) is 3.64. The third kappa shape index (κ3) is 4.56. The Morgan fingerprint density at radius 3 is 2.58 bits per heavy atom. The van der Waals surface area contributed by atoms with Gasteiger partial charge in [0.15, 0.2) is 6.23 Å². The summed E-state index contributed by atoms with van der Waals surface area (Å²) in [4.78, 5) is 28.7. The van der Waals surface area contributed by atoms with Crippen molar-refractivity contribution in [3.63, 3.8) is 0 Å². The molecule has 0 saturated heterocycles. The van der Waals surface area contributed by atoms with Crippen molar-refractivity contribution in [2.45, 2.75) is 13.2 Å². The molecular weight excluding hydrogens is 422 g/mol. The van der Waals surface area contributed by atoms with E-state index in [1.165, 1.54) is 7.11 Å². The van der Waals surface area contributed by atoms with Gasteiger partial charge in [-0.05, 0) is 31.2 Å². The number of para-hydroxylation sites is 2. The molecule has 33 heavy (non-hydrogen) atoms. The predicted octanol–water partition coefficient (Wildman–Crippen LogP) is 4.85. The largest absolute Gasteiger partial charge is 0.465 e. The van der Waals surface area contributed by atoms with E-state index in [9.17, 15) is 14.7 Å². The summed E-state index contributed by atoms with van der Waals surface area (Å²) < 4.78 is 9.82. The molecule has 0 radical (unpaired) electrons. The molecule has 1 unspecified atom stereocenters. The number of rotatable bonds is 6. The molecule has 1 aromatic heterocycles. The Morgan fingerprint density at radius 1 is 1.03 bits per heavy atom. The minimum absolute atomic E-state index is 0.255. The molecule has 1 heterocycles. The number of aliphatic hydroxyl groups is 1. The summed E-state index contributed by atoms with van der Waals surface area (Å²) in [7, 11) is 1.32. The van der Waals surface area contributed by atoms with E-state index < -0.39 is 18.3 Å². The number of hydrogen-bond donors (Lipinski definition) is 3. The Bertz CT molecular complexity index is 1340. The van der Waals surface area contributed by atoms with Crippen LogP contribution in [0.1, 0.15) is 29.1 Å². The molecule has 168 valence electrons. The average molecular weight is 445 g/mol. The van der Waals surface area contributed by atoms with E-state index in [0.29, 0.717) is 38.9 Å². The minimum atomic E-state index is -1.11. The Kier molecular flexibility index (Phi) is 6.37. The number of benzene rings is 3. The number of amides is 1. The van der Waals surface area contributed by atoms with Crippen molar-refractivity contribution in [1.82, 2.24) is 4.98 Å². The SMILES string of the molecule is CCOC(=O)Nc1cccc(C(O)Nc2c3ccccc3nc3c(C(=O)OC)cccc23)c1. The molecule has 4 aromatic rings. The molecule has 0 aliphatic carbocycles. The molecule has 1 amide bonds. The second kappa shape index (κ2) is 9.54. The van der Waals surface area contributed by atoms with Crippen molar-refractivity contribution in [2.24, 2.45) is 0 Å². The van der Waals surface area contributed by atoms with Crippen LogP contribution in [-0.4, -0.2) is 35.9 Å². The molecule has 0 spiro atoms. The summed E-state index contributed by atoms with van der Waals surface area (Å²) in [6, 6.07) is 19.5. The zero-order valence-electron chi connectivity index (χ0n) is 18.2. The predicted molar refractivity (Wildman–Crippen MR) is 126 cm³/mol. The highest BCUT2D eigenvalue weighted by molar-refractivity contribution is 6.13. The number of aromatic nitrogens is 1. The lowest BCUT2D eigenvalue weighted by Gasteiger charge is -2.19. The Labute approximate surface area is 190 Å². The molecule has 3 N–H and O–H groups in total. The number of fused-ring (bicyclic) bond motifs is 2. The monoisotopic (exact) mass is 445 g/mol. The molecule has 3 aromatic carbocycles. The number of carbonyl (C=O) groups is 2. The second-order valence-corrected chi connectivity index (χ2v) is 7.22. The summed E-state index contributed by atoms with van der Waals surface area (Å²) >= 11 is 0. The first kappa shape index (κ1) is 22.0. The van der Waals surface area contributed by atoms with Crippen LogP contribution in [0, 0.1) is 0 Å². The minimum Gasteiger partial charge on any atom is -0.465 e. The van der Waals surface area contributed by atoms with Crippen LogP contribution in [0.25, 0.3) is 21.8 Å². The zero-order valence-corrected chi connectivity index (χ0v) is 18.2. The summed E-state index contributed by atoms with van der Waals surface area (Å²) in [5.74, 6) is -0.493. The van der Waals surface area contributed by atoms with Crippen LogP contribution in [0.5, 0.6) is 0 Å². The number of esters is 1. The number of methoxy groups -OCH3 is 1. The van der Waals surface area contributed by atoms with Gasteiger partial charge in [-0.25, -0.2) is 14.6 Å². The molecule has 0 aliphatic heterocycles. The van der Waals surface area contributed by atoms with E-state index in [2.05, 4.69) is 15.6 Å². The van der Waals surface area contributed by atoms with Gasteiger partial charge in [0.1, 0.15) is 0 Å². The van der Waals surface area contributed by atoms with Crippen LogP contribution >= 0.6 is 0 Å². The number of nitrogens with zero attached hydrogens (tertiary/aromatic N) is 1. The fraction of sp³-hybridized carbons (Fsp3) is 0.160. The van der Waals surface area contributed by atoms with Gasteiger partial charge >= 0.3 is 12.1 Å². The van der Waals surface area contributed by atoms with E-state index in [1.54, 1.807) is 43.3 Å². The third-order valence-electron chi connectivity index (χ3n) is 5.12. The van der Waals surface area contributed by atoms with Gasteiger partial charge in [0, 0.05) is 22.0 Å². The smallest absolute Gasteiger partial charge is 0.411 e. The van der Waals surface area contributed by atoms with E-state index in [1.807, 2.05) is 30.3 Å². The maximum Gasteiger partial charge on any atom is 0.411 e. The number of anilines is 2. The van der Waals surface area contributed by atoms with Crippen molar-refractivity contribution in [3.05, 3.63) is 77.9 Å². The van der Waals surface area contributed by atoms with Gasteiger partial charge < -0.3 is 19.9 Å². The lowest BCUT2D eigenvalue weighted by Crippen LogP contribution is -2.15. The third-order valence-corrected chi connectivity index (χ3v) is 5.12. The summed E-state index contributed by atoms with van der Waals surface area (Å²) in [5, 5.41) is 18.2. The summed E-state index contributed by atoms with van der Waals surface area (Å²) in [6.45, 7) is 1.98. The van der Waals surface area contributed by atoms with Crippen LogP contribution in [-0.2, 0) is 9.47 Å². The van der Waals surface area contributed by atoms with Crippen molar-refractivity contribution < 1.29 is 24.2 Å². The number of aliphatic hydroxyl groups excluding tert-OH is 1. The number of ether oxygens (including phenoxy) is 2. The number of carbonyl (C=O) groups excluding carboxylic acids is 2. The average Bonchev–Trinajstić information content (AvgIpc) is 2.83. The van der Waals surface area contributed by atoms with Crippen molar-refractivity contribution >= 4 is 45.2 Å². The maximum absolute atomic E-state index is 12.3. The van der Waals surface area contributed by atoms with Gasteiger partial charge in [-0.3, -0.25) is 5.32 Å². The number of nitrogens with one attached hydrogen (secondary N) is 2.